The molecule has 0 unspecified atom stereocenters. The summed E-state index contributed by atoms with van der Waals surface area (Å²) in [7, 11) is 0. The zero-order valence-electron chi connectivity index (χ0n) is 21.8. The zero-order valence-corrected chi connectivity index (χ0v) is 21.8. The normalized spacial score (nSPS) is 11.8. The lowest BCUT2D eigenvalue weighted by atomic mass is 9.87. The summed E-state index contributed by atoms with van der Waals surface area (Å²) in [6.07, 6.45) is 4.66. The first-order valence-electron chi connectivity index (χ1n) is 13.0. The molecule has 0 bridgehead atoms. The summed E-state index contributed by atoms with van der Waals surface area (Å²) in [6.45, 7) is 3.13. The lowest BCUT2D eigenvalue weighted by Gasteiger charge is -2.18. The quantitative estimate of drug-likeness (QED) is 0.177. The second kappa shape index (κ2) is 11.7. The number of rotatable bonds is 10. The molecule has 0 aliphatic rings. The van der Waals surface area contributed by atoms with Crippen LogP contribution in [0.2, 0.25) is 0 Å². The van der Waals surface area contributed by atoms with Gasteiger partial charge in [-0.2, -0.15) is 0 Å². The minimum Gasteiger partial charge on any atom is -0.356 e. The number of nitro groups is 1. The van der Waals surface area contributed by atoms with Gasteiger partial charge in [-0.1, -0.05) is 66.2 Å². The highest BCUT2D eigenvalue weighted by molar-refractivity contribution is 5.88. The minimum absolute atomic E-state index is 0.0312. The van der Waals surface area contributed by atoms with Gasteiger partial charge in [0, 0.05) is 73.0 Å². The van der Waals surface area contributed by atoms with E-state index in [1.165, 1.54) is 0 Å². The van der Waals surface area contributed by atoms with Crippen LogP contribution in [0.3, 0.4) is 0 Å². The van der Waals surface area contributed by atoms with Crippen molar-refractivity contribution in [1.82, 2.24) is 14.9 Å². The van der Waals surface area contributed by atoms with Crippen LogP contribution in [0.4, 0.5) is 5.69 Å². The average Bonchev–Trinajstić information content (AvgIpc) is 3.30. The molecule has 0 aliphatic heterocycles. The van der Waals surface area contributed by atoms with Crippen molar-refractivity contribution in [3.63, 3.8) is 0 Å². The largest absolute Gasteiger partial charge is 0.356 e. The Labute approximate surface area is 227 Å². The first-order valence-corrected chi connectivity index (χ1v) is 13.0. The zero-order chi connectivity index (χ0) is 27.2. The summed E-state index contributed by atoms with van der Waals surface area (Å²) in [5.41, 5.74) is 5.98. The Hall–Kier alpha value is -4.78. The van der Waals surface area contributed by atoms with Crippen molar-refractivity contribution in [3.05, 3.63) is 141 Å². The number of non-ortho nitro benzene ring substituents is 1. The molecular weight excluding hydrogens is 488 g/mol. The number of hydrogen-bond acceptors (Lipinski definition) is 4. The molecule has 1 amide bonds. The van der Waals surface area contributed by atoms with Crippen LogP contribution in [-0.2, 0) is 17.8 Å². The smallest absolute Gasteiger partial charge is 0.270 e. The van der Waals surface area contributed by atoms with E-state index in [4.69, 9.17) is 0 Å². The lowest BCUT2D eigenvalue weighted by Crippen LogP contribution is -2.27. The van der Waals surface area contributed by atoms with Crippen molar-refractivity contribution in [3.8, 4) is 0 Å². The number of benzene rings is 3. The second-order valence-corrected chi connectivity index (χ2v) is 9.74. The highest BCUT2D eigenvalue weighted by atomic mass is 16.6. The Morgan fingerprint density at radius 3 is 2.49 bits per heavy atom. The van der Waals surface area contributed by atoms with Gasteiger partial charge in [0.25, 0.3) is 5.69 Å². The Bertz CT molecular complexity index is 1580. The molecule has 0 fully saturated rings. The molecule has 0 radical (unpaired) electrons. The van der Waals surface area contributed by atoms with Gasteiger partial charge in [0.1, 0.15) is 0 Å². The van der Waals surface area contributed by atoms with Gasteiger partial charge in [-0.05, 0) is 41.8 Å². The van der Waals surface area contributed by atoms with E-state index in [2.05, 4.69) is 27.0 Å². The summed E-state index contributed by atoms with van der Waals surface area (Å²) < 4.78 is 2.11. The molecule has 2 heterocycles. The topological polar surface area (TPSA) is 90.1 Å². The molecular formula is C32H30N4O3. The number of amides is 1. The van der Waals surface area contributed by atoms with E-state index >= 15 is 0 Å². The van der Waals surface area contributed by atoms with E-state index < -0.39 is 0 Å². The molecule has 2 aromatic heterocycles. The van der Waals surface area contributed by atoms with Gasteiger partial charge in [-0.3, -0.25) is 19.9 Å². The van der Waals surface area contributed by atoms with E-state index in [1.54, 1.807) is 24.4 Å². The molecule has 3 aromatic carbocycles. The number of nitrogens with one attached hydrogen (secondary N) is 1. The molecule has 0 saturated carbocycles. The summed E-state index contributed by atoms with van der Waals surface area (Å²) >= 11 is 0. The van der Waals surface area contributed by atoms with E-state index in [0.29, 0.717) is 19.5 Å². The van der Waals surface area contributed by atoms with Crippen molar-refractivity contribution in [2.75, 3.05) is 6.54 Å². The van der Waals surface area contributed by atoms with Crippen LogP contribution in [0, 0.1) is 17.0 Å². The molecule has 0 saturated heterocycles. The molecule has 196 valence electrons. The maximum Gasteiger partial charge on any atom is 0.270 e. The SMILES string of the molecule is Cc1ccc([C@H](CC(=O)NCCc2ccccn2)c2cn(Cc3ccccc3)c3ccc([N+](=O)[O-])cc23)cc1. The van der Waals surface area contributed by atoms with Crippen molar-refractivity contribution < 1.29 is 9.72 Å². The summed E-state index contributed by atoms with van der Waals surface area (Å²) in [5, 5.41) is 15.5. The molecule has 5 aromatic rings. The highest BCUT2D eigenvalue weighted by Crippen LogP contribution is 2.37. The second-order valence-electron chi connectivity index (χ2n) is 9.74. The van der Waals surface area contributed by atoms with Crippen molar-refractivity contribution in [1.29, 1.82) is 0 Å². The number of fused-ring (bicyclic) bond motifs is 1. The molecule has 7 nitrogen and oxygen atoms in total. The minimum atomic E-state index is -0.372. The Morgan fingerprint density at radius 1 is 1.00 bits per heavy atom. The number of aryl methyl sites for hydroxylation is 1. The van der Waals surface area contributed by atoms with Gasteiger partial charge >= 0.3 is 0 Å². The summed E-state index contributed by atoms with van der Waals surface area (Å²) in [4.78, 5) is 28.8. The van der Waals surface area contributed by atoms with Gasteiger partial charge in [0.05, 0.1) is 4.92 Å². The molecule has 0 spiro atoms. The van der Waals surface area contributed by atoms with Gasteiger partial charge in [-0.25, -0.2) is 0 Å². The van der Waals surface area contributed by atoms with Crippen LogP contribution >= 0.6 is 0 Å². The van der Waals surface area contributed by atoms with E-state index in [-0.39, 0.29) is 28.9 Å². The monoisotopic (exact) mass is 518 g/mol. The first kappa shape index (κ1) is 25.9. The third kappa shape index (κ3) is 6.21. The number of aromatic nitrogens is 2. The Morgan fingerprint density at radius 2 is 1.77 bits per heavy atom. The molecule has 0 aliphatic carbocycles. The van der Waals surface area contributed by atoms with Crippen LogP contribution in [-0.4, -0.2) is 26.9 Å². The predicted octanol–water partition coefficient (Wildman–Crippen LogP) is 6.18. The van der Waals surface area contributed by atoms with Gasteiger partial charge in [0.15, 0.2) is 0 Å². The molecule has 1 N–H and O–H groups in total. The third-order valence-electron chi connectivity index (χ3n) is 6.98. The Kier molecular flexibility index (Phi) is 7.78. The molecule has 5 rings (SSSR count). The fourth-order valence-electron chi connectivity index (χ4n) is 4.95. The lowest BCUT2D eigenvalue weighted by molar-refractivity contribution is -0.384. The number of nitro benzene ring substituents is 1. The van der Waals surface area contributed by atoms with Gasteiger partial charge in [0.2, 0.25) is 5.91 Å². The van der Waals surface area contributed by atoms with Crippen LogP contribution in [0.25, 0.3) is 10.9 Å². The van der Waals surface area contributed by atoms with Crippen LogP contribution in [0.5, 0.6) is 0 Å². The van der Waals surface area contributed by atoms with E-state index in [9.17, 15) is 14.9 Å². The van der Waals surface area contributed by atoms with Crippen molar-refractivity contribution >= 4 is 22.5 Å². The third-order valence-corrected chi connectivity index (χ3v) is 6.98. The maximum absolute atomic E-state index is 13.2. The number of nitrogens with zero attached hydrogens (tertiary/aromatic N) is 3. The average molecular weight is 519 g/mol. The standard InChI is InChI=1S/C32H30N4O3/c1-23-10-12-25(13-11-23)28(20-32(37)34-18-16-26-9-5-6-17-33-26)30-22-35(21-24-7-3-2-4-8-24)31-15-14-27(36(38)39)19-29(30)31/h2-15,17,19,22,28H,16,18,20-21H2,1H3,(H,34,37)/t28-/m0/s1. The van der Waals surface area contributed by atoms with Crippen molar-refractivity contribution in [2.24, 2.45) is 0 Å². The number of hydrogen-bond donors (Lipinski definition) is 1. The highest BCUT2D eigenvalue weighted by Gasteiger charge is 2.24. The number of carbonyl (C=O) groups excluding carboxylic acids is 1. The molecule has 1 atom stereocenters. The van der Waals surface area contributed by atoms with Gasteiger partial charge < -0.3 is 9.88 Å². The summed E-state index contributed by atoms with van der Waals surface area (Å²) in [5.74, 6) is -0.354. The van der Waals surface area contributed by atoms with Gasteiger partial charge in [-0.15, -0.1) is 0 Å². The predicted molar refractivity (Wildman–Crippen MR) is 153 cm³/mol. The fraction of sp³-hybridized carbons (Fsp3) is 0.188. The Balaban J connectivity index is 1.51. The number of pyridine rings is 1. The van der Waals surface area contributed by atoms with E-state index in [1.807, 2.05) is 73.8 Å². The van der Waals surface area contributed by atoms with E-state index in [0.717, 1.165) is 38.9 Å². The van der Waals surface area contributed by atoms with Crippen molar-refractivity contribution in [2.45, 2.75) is 32.2 Å². The van der Waals surface area contributed by atoms with Crippen LogP contribution in [0.1, 0.15) is 40.3 Å². The molecule has 39 heavy (non-hydrogen) atoms. The summed E-state index contributed by atoms with van der Waals surface area (Å²) in [6, 6.07) is 29.0. The molecule has 7 heteroatoms. The number of carbonyl (C=O) groups is 1. The van der Waals surface area contributed by atoms with Crippen LogP contribution < -0.4 is 5.32 Å². The van der Waals surface area contributed by atoms with Crippen LogP contribution in [0.15, 0.2) is 103 Å². The maximum atomic E-state index is 13.2. The first-order chi connectivity index (χ1) is 19.0. The fourth-order valence-corrected chi connectivity index (χ4v) is 4.95.